The number of carbonyl (C=O) groups excluding carboxylic acids is 1. The predicted molar refractivity (Wildman–Crippen MR) is 58.6 cm³/mol. The van der Waals surface area contributed by atoms with E-state index in [2.05, 4.69) is 10.3 Å². The number of anilines is 1. The predicted octanol–water partition coefficient (Wildman–Crippen LogP) is 1.68. The maximum Gasteiger partial charge on any atom is 0.433 e. The molecule has 1 amide bonds. The van der Waals surface area contributed by atoms with Gasteiger partial charge in [0, 0.05) is 13.0 Å². The van der Waals surface area contributed by atoms with Gasteiger partial charge in [-0.1, -0.05) is 6.07 Å². The van der Waals surface area contributed by atoms with Crippen molar-refractivity contribution in [3.05, 3.63) is 23.4 Å². The molecule has 1 saturated heterocycles. The molecule has 0 spiro atoms. The van der Waals surface area contributed by atoms with Crippen molar-refractivity contribution in [2.75, 3.05) is 12.3 Å². The van der Waals surface area contributed by atoms with Crippen molar-refractivity contribution in [1.82, 2.24) is 10.3 Å². The highest BCUT2D eigenvalue weighted by molar-refractivity contribution is 5.77. The van der Waals surface area contributed by atoms with Gasteiger partial charge in [0.15, 0.2) is 0 Å². The van der Waals surface area contributed by atoms with E-state index < -0.39 is 17.8 Å². The van der Waals surface area contributed by atoms with Gasteiger partial charge in [0.1, 0.15) is 11.5 Å². The standard InChI is InChI=1S/C11H12F3N3O/c12-11(13,14)10-7(1-2-8(15)17-10)6-3-4-16-9(18)5-6/h1-2,6H,3-5H2,(H2,15,17)(H,16,18)/t6-/m0/s1. The van der Waals surface area contributed by atoms with E-state index in [4.69, 9.17) is 5.73 Å². The van der Waals surface area contributed by atoms with Crippen LogP contribution in [0.1, 0.15) is 30.0 Å². The summed E-state index contributed by atoms with van der Waals surface area (Å²) in [5.74, 6) is -0.869. The molecule has 0 bridgehead atoms. The van der Waals surface area contributed by atoms with Crippen LogP contribution in [0, 0.1) is 0 Å². The molecule has 3 N–H and O–H groups in total. The largest absolute Gasteiger partial charge is 0.433 e. The minimum absolute atomic E-state index is 0.0477. The highest BCUT2D eigenvalue weighted by Gasteiger charge is 2.38. The van der Waals surface area contributed by atoms with Crippen LogP contribution in [-0.4, -0.2) is 17.4 Å². The van der Waals surface area contributed by atoms with E-state index in [-0.39, 0.29) is 23.7 Å². The summed E-state index contributed by atoms with van der Waals surface area (Å²) in [7, 11) is 0. The van der Waals surface area contributed by atoms with Crippen LogP contribution in [0.5, 0.6) is 0 Å². The van der Waals surface area contributed by atoms with E-state index in [1.54, 1.807) is 0 Å². The van der Waals surface area contributed by atoms with Crippen molar-refractivity contribution in [2.24, 2.45) is 0 Å². The Morgan fingerprint density at radius 1 is 1.39 bits per heavy atom. The third kappa shape index (κ3) is 2.55. The highest BCUT2D eigenvalue weighted by Crippen LogP contribution is 2.37. The second-order valence-corrected chi connectivity index (χ2v) is 4.21. The highest BCUT2D eigenvalue weighted by atomic mass is 19.4. The lowest BCUT2D eigenvalue weighted by atomic mass is 9.88. The molecule has 1 aliphatic rings. The third-order valence-electron chi connectivity index (χ3n) is 2.90. The van der Waals surface area contributed by atoms with E-state index in [9.17, 15) is 18.0 Å². The Balaban J connectivity index is 2.40. The molecule has 1 atom stereocenters. The molecule has 2 rings (SSSR count). The molecule has 18 heavy (non-hydrogen) atoms. The van der Waals surface area contributed by atoms with Crippen molar-refractivity contribution in [1.29, 1.82) is 0 Å². The maximum atomic E-state index is 12.9. The molecule has 0 saturated carbocycles. The molecule has 0 unspecified atom stereocenters. The molecule has 4 nitrogen and oxygen atoms in total. The topological polar surface area (TPSA) is 68.0 Å². The number of hydrogen-bond donors (Lipinski definition) is 2. The Labute approximate surface area is 101 Å². The van der Waals surface area contributed by atoms with E-state index in [0.717, 1.165) is 0 Å². The Bertz CT molecular complexity index is 473. The van der Waals surface area contributed by atoms with Crippen LogP contribution < -0.4 is 11.1 Å². The fourth-order valence-corrected chi connectivity index (χ4v) is 2.09. The smallest absolute Gasteiger partial charge is 0.384 e. The van der Waals surface area contributed by atoms with Gasteiger partial charge >= 0.3 is 6.18 Å². The summed E-state index contributed by atoms with van der Waals surface area (Å²) in [6.45, 7) is 0.380. The number of pyridine rings is 1. The summed E-state index contributed by atoms with van der Waals surface area (Å²) in [5.41, 5.74) is 4.35. The van der Waals surface area contributed by atoms with Crippen molar-refractivity contribution in [2.45, 2.75) is 24.9 Å². The van der Waals surface area contributed by atoms with E-state index in [0.29, 0.717) is 13.0 Å². The molecule has 0 aliphatic carbocycles. The fourth-order valence-electron chi connectivity index (χ4n) is 2.09. The molecule has 1 aromatic rings. The monoisotopic (exact) mass is 259 g/mol. The number of nitrogen functional groups attached to an aromatic ring is 1. The molecule has 0 radical (unpaired) electrons. The van der Waals surface area contributed by atoms with Gasteiger partial charge in [0.2, 0.25) is 5.91 Å². The average molecular weight is 259 g/mol. The van der Waals surface area contributed by atoms with Crippen molar-refractivity contribution < 1.29 is 18.0 Å². The Morgan fingerprint density at radius 3 is 2.72 bits per heavy atom. The summed E-state index contributed by atoms with van der Waals surface area (Å²) in [6, 6.07) is 2.64. The van der Waals surface area contributed by atoms with Gasteiger partial charge in [0.05, 0.1) is 0 Å². The molecular weight excluding hydrogens is 247 g/mol. The second kappa shape index (κ2) is 4.47. The Hall–Kier alpha value is -1.79. The lowest BCUT2D eigenvalue weighted by Crippen LogP contribution is -2.33. The van der Waals surface area contributed by atoms with Crippen molar-refractivity contribution in [3.8, 4) is 0 Å². The van der Waals surface area contributed by atoms with Gasteiger partial charge in [-0.2, -0.15) is 13.2 Å². The fraction of sp³-hybridized carbons (Fsp3) is 0.455. The molecule has 98 valence electrons. The molecule has 1 fully saturated rings. The first-order chi connectivity index (χ1) is 8.38. The maximum absolute atomic E-state index is 12.9. The number of aromatic nitrogens is 1. The van der Waals surface area contributed by atoms with Gasteiger partial charge in [-0.25, -0.2) is 4.98 Å². The summed E-state index contributed by atoms with van der Waals surface area (Å²) in [4.78, 5) is 14.6. The second-order valence-electron chi connectivity index (χ2n) is 4.21. The van der Waals surface area contributed by atoms with Crippen LogP contribution >= 0.6 is 0 Å². The average Bonchev–Trinajstić information content (AvgIpc) is 2.27. The summed E-state index contributed by atoms with van der Waals surface area (Å²) in [5, 5.41) is 2.59. The van der Waals surface area contributed by atoms with Crippen LogP contribution in [0.15, 0.2) is 12.1 Å². The zero-order valence-electron chi connectivity index (χ0n) is 9.42. The third-order valence-corrected chi connectivity index (χ3v) is 2.90. The van der Waals surface area contributed by atoms with Crippen LogP contribution in [0.25, 0.3) is 0 Å². The van der Waals surface area contributed by atoms with Gasteiger partial charge in [-0.15, -0.1) is 0 Å². The SMILES string of the molecule is Nc1ccc([C@H]2CCNC(=O)C2)c(C(F)(F)F)n1. The van der Waals surface area contributed by atoms with E-state index >= 15 is 0 Å². The van der Waals surface area contributed by atoms with Crippen LogP contribution in [-0.2, 0) is 11.0 Å². The summed E-state index contributed by atoms with van der Waals surface area (Å²) in [6.07, 6.45) is -4.03. The number of nitrogens with two attached hydrogens (primary N) is 1. The van der Waals surface area contributed by atoms with Crippen LogP contribution in [0.3, 0.4) is 0 Å². The Kier molecular flexibility index (Phi) is 3.14. The first-order valence-corrected chi connectivity index (χ1v) is 5.48. The minimum atomic E-state index is -4.56. The minimum Gasteiger partial charge on any atom is -0.384 e. The van der Waals surface area contributed by atoms with Gasteiger partial charge in [-0.05, 0) is 24.0 Å². The zero-order chi connectivity index (χ0) is 13.3. The lowest BCUT2D eigenvalue weighted by molar-refractivity contribution is -0.142. The first kappa shape index (κ1) is 12.7. The number of piperidine rings is 1. The molecule has 2 heterocycles. The number of amides is 1. The molecule has 1 aromatic heterocycles. The number of carbonyl (C=O) groups is 1. The summed E-state index contributed by atoms with van der Waals surface area (Å²) < 4.78 is 38.6. The van der Waals surface area contributed by atoms with Crippen molar-refractivity contribution in [3.63, 3.8) is 0 Å². The normalized spacial score (nSPS) is 20.6. The van der Waals surface area contributed by atoms with Crippen molar-refractivity contribution >= 4 is 11.7 Å². The van der Waals surface area contributed by atoms with Gasteiger partial charge in [-0.3, -0.25) is 4.79 Å². The Morgan fingerprint density at radius 2 is 2.11 bits per heavy atom. The van der Waals surface area contributed by atoms with Crippen LogP contribution in [0.4, 0.5) is 19.0 Å². The number of alkyl halides is 3. The van der Waals surface area contributed by atoms with Gasteiger partial charge < -0.3 is 11.1 Å². The number of nitrogens with one attached hydrogen (secondary N) is 1. The molecule has 1 aliphatic heterocycles. The number of rotatable bonds is 1. The van der Waals surface area contributed by atoms with Gasteiger partial charge in [0.25, 0.3) is 0 Å². The molecular formula is C11H12F3N3O. The molecule has 0 aromatic carbocycles. The zero-order valence-corrected chi connectivity index (χ0v) is 9.42. The summed E-state index contributed by atoms with van der Waals surface area (Å²) >= 11 is 0. The quantitative estimate of drug-likeness (QED) is 0.806. The van der Waals surface area contributed by atoms with E-state index in [1.807, 2.05) is 0 Å². The van der Waals surface area contributed by atoms with Crippen LogP contribution in [0.2, 0.25) is 0 Å². The lowest BCUT2D eigenvalue weighted by Gasteiger charge is -2.24. The van der Waals surface area contributed by atoms with E-state index in [1.165, 1.54) is 12.1 Å². The number of hydrogen-bond acceptors (Lipinski definition) is 3. The number of nitrogens with zero attached hydrogens (tertiary/aromatic N) is 1. The first-order valence-electron chi connectivity index (χ1n) is 5.48. The number of halogens is 3. The molecule has 7 heteroatoms.